The van der Waals surface area contributed by atoms with Gasteiger partial charge in [0, 0.05) is 32.1 Å². The van der Waals surface area contributed by atoms with Gasteiger partial charge in [0.15, 0.2) is 0 Å². The predicted molar refractivity (Wildman–Crippen MR) is 89.5 cm³/mol. The molecule has 0 aliphatic carbocycles. The molecule has 126 valence electrons. The number of nitrogens with zero attached hydrogens (tertiary/aromatic N) is 3. The molecule has 0 saturated heterocycles. The summed E-state index contributed by atoms with van der Waals surface area (Å²) in [5.41, 5.74) is 0. The number of sulfonamides is 1. The van der Waals surface area contributed by atoms with E-state index in [4.69, 9.17) is 27.9 Å². The highest BCUT2D eigenvalue weighted by molar-refractivity contribution is 7.89. The Kier molecular flexibility index (Phi) is 5.57. The maximum absolute atomic E-state index is 12.9. The molecule has 1 aromatic carbocycles. The molecule has 1 heterocycles. The van der Waals surface area contributed by atoms with Crippen molar-refractivity contribution in [3.8, 4) is 5.75 Å². The Balaban J connectivity index is 2.43. The van der Waals surface area contributed by atoms with Crippen LogP contribution in [0.1, 0.15) is 12.7 Å². The van der Waals surface area contributed by atoms with E-state index in [9.17, 15) is 8.42 Å². The van der Waals surface area contributed by atoms with E-state index in [1.54, 1.807) is 30.9 Å². The van der Waals surface area contributed by atoms with E-state index in [2.05, 4.69) is 4.98 Å². The fourth-order valence-corrected chi connectivity index (χ4v) is 4.30. The molecule has 6 nitrogen and oxygen atoms in total. The molecule has 23 heavy (non-hydrogen) atoms. The van der Waals surface area contributed by atoms with Crippen LogP contribution in [0.2, 0.25) is 10.0 Å². The first-order valence-corrected chi connectivity index (χ1v) is 9.00. The zero-order valence-corrected chi connectivity index (χ0v) is 15.3. The number of halogens is 2. The Morgan fingerprint density at radius 1 is 1.30 bits per heavy atom. The maximum Gasteiger partial charge on any atom is 0.245 e. The number of aromatic nitrogens is 2. The lowest BCUT2D eigenvalue weighted by Crippen LogP contribution is -2.31. The van der Waals surface area contributed by atoms with E-state index < -0.39 is 10.0 Å². The Morgan fingerprint density at radius 3 is 2.52 bits per heavy atom. The Labute approximate surface area is 145 Å². The molecule has 0 bridgehead atoms. The average molecular weight is 378 g/mol. The smallest absolute Gasteiger partial charge is 0.245 e. The fourth-order valence-electron chi connectivity index (χ4n) is 2.08. The highest BCUT2D eigenvalue weighted by Crippen LogP contribution is 2.34. The van der Waals surface area contributed by atoms with Gasteiger partial charge in [0.25, 0.3) is 0 Å². The summed E-state index contributed by atoms with van der Waals surface area (Å²) < 4.78 is 33.9. The molecule has 0 radical (unpaired) electrons. The van der Waals surface area contributed by atoms with E-state index in [0.717, 1.165) is 0 Å². The standard InChI is InChI=1S/C14H17Cl2N3O3S/c1-4-19(9-14-17-5-6-18(14)2)23(20,21)13-8-10(15)12(22-3)7-11(13)16/h5-8H,4,9H2,1-3H3. The quantitative estimate of drug-likeness (QED) is 0.775. The minimum absolute atomic E-state index is 0.0546. The normalized spacial score (nSPS) is 11.9. The number of hydrogen-bond donors (Lipinski definition) is 0. The molecule has 0 amide bonds. The first-order chi connectivity index (χ1) is 10.8. The van der Waals surface area contributed by atoms with E-state index in [1.807, 2.05) is 0 Å². The molecule has 0 spiro atoms. The molecule has 1 aromatic heterocycles. The minimum atomic E-state index is -3.81. The molecule has 0 atom stereocenters. The summed E-state index contributed by atoms with van der Waals surface area (Å²) in [4.78, 5) is 4.10. The van der Waals surface area contributed by atoms with Gasteiger partial charge in [-0.1, -0.05) is 30.1 Å². The van der Waals surface area contributed by atoms with E-state index in [-0.39, 0.29) is 28.0 Å². The summed E-state index contributed by atoms with van der Waals surface area (Å²) in [6.07, 6.45) is 3.38. The number of aryl methyl sites for hydroxylation is 1. The Morgan fingerprint density at radius 2 is 2.00 bits per heavy atom. The van der Waals surface area contributed by atoms with Crippen molar-refractivity contribution in [2.24, 2.45) is 7.05 Å². The third-order valence-corrected chi connectivity index (χ3v) is 6.10. The van der Waals surface area contributed by atoms with Crippen LogP contribution in [0.15, 0.2) is 29.4 Å². The van der Waals surface area contributed by atoms with Crippen molar-refractivity contribution in [3.63, 3.8) is 0 Å². The zero-order valence-electron chi connectivity index (χ0n) is 13.0. The van der Waals surface area contributed by atoms with E-state index in [1.165, 1.54) is 23.5 Å². The van der Waals surface area contributed by atoms with Crippen LogP contribution in [0.3, 0.4) is 0 Å². The van der Waals surface area contributed by atoms with Gasteiger partial charge >= 0.3 is 0 Å². The van der Waals surface area contributed by atoms with Gasteiger partial charge < -0.3 is 9.30 Å². The van der Waals surface area contributed by atoms with Crippen molar-refractivity contribution < 1.29 is 13.2 Å². The molecular formula is C14H17Cl2N3O3S. The SMILES string of the molecule is CCN(Cc1nccn1C)S(=O)(=O)c1cc(Cl)c(OC)cc1Cl. The van der Waals surface area contributed by atoms with Crippen LogP contribution < -0.4 is 4.74 Å². The fraction of sp³-hybridized carbons (Fsp3) is 0.357. The van der Waals surface area contributed by atoms with Gasteiger partial charge in [0.2, 0.25) is 10.0 Å². The Bertz CT molecular complexity index is 806. The zero-order chi connectivity index (χ0) is 17.2. The molecule has 9 heteroatoms. The van der Waals surface area contributed by atoms with Crippen LogP contribution in [-0.2, 0) is 23.6 Å². The highest BCUT2D eigenvalue weighted by Gasteiger charge is 2.28. The monoisotopic (exact) mass is 377 g/mol. The molecular weight excluding hydrogens is 361 g/mol. The van der Waals surface area contributed by atoms with Crippen molar-refractivity contribution in [3.05, 3.63) is 40.4 Å². The number of hydrogen-bond acceptors (Lipinski definition) is 4. The van der Waals surface area contributed by atoms with Crippen LogP contribution in [-0.4, -0.2) is 35.9 Å². The predicted octanol–water partition coefficient (Wildman–Crippen LogP) is 2.95. The molecule has 2 aromatic rings. The van der Waals surface area contributed by atoms with Gasteiger partial charge in [-0.25, -0.2) is 13.4 Å². The lowest BCUT2D eigenvalue weighted by Gasteiger charge is -2.21. The number of methoxy groups -OCH3 is 1. The maximum atomic E-state index is 12.9. The first-order valence-electron chi connectivity index (χ1n) is 6.80. The van der Waals surface area contributed by atoms with Crippen LogP contribution in [0.5, 0.6) is 5.75 Å². The highest BCUT2D eigenvalue weighted by atomic mass is 35.5. The third-order valence-electron chi connectivity index (χ3n) is 3.42. The number of rotatable bonds is 6. The summed E-state index contributed by atoms with van der Waals surface area (Å²) in [5, 5.41) is 0.244. The van der Waals surface area contributed by atoms with Crippen molar-refractivity contribution in [1.29, 1.82) is 0 Å². The third kappa shape index (κ3) is 3.63. The number of benzene rings is 1. The summed E-state index contributed by atoms with van der Waals surface area (Å²) in [6.45, 7) is 2.16. The van der Waals surface area contributed by atoms with Gasteiger partial charge in [-0.3, -0.25) is 0 Å². The lowest BCUT2D eigenvalue weighted by atomic mass is 10.3. The number of ether oxygens (including phenoxy) is 1. The summed E-state index contributed by atoms with van der Waals surface area (Å²) in [7, 11) is -0.573. The second-order valence-electron chi connectivity index (χ2n) is 4.80. The topological polar surface area (TPSA) is 64.4 Å². The molecule has 2 rings (SSSR count). The second kappa shape index (κ2) is 7.09. The van der Waals surface area contributed by atoms with E-state index in [0.29, 0.717) is 11.6 Å². The van der Waals surface area contributed by atoms with Crippen LogP contribution in [0.25, 0.3) is 0 Å². The largest absolute Gasteiger partial charge is 0.495 e. The molecule has 0 N–H and O–H groups in total. The molecule has 0 fully saturated rings. The number of imidazole rings is 1. The van der Waals surface area contributed by atoms with Crippen LogP contribution >= 0.6 is 23.2 Å². The minimum Gasteiger partial charge on any atom is -0.495 e. The van der Waals surface area contributed by atoms with Gasteiger partial charge in [-0.15, -0.1) is 0 Å². The van der Waals surface area contributed by atoms with Crippen LogP contribution in [0, 0.1) is 0 Å². The molecule has 0 aliphatic heterocycles. The summed E-state index contributed by atoms with van der Waals surface area (Å²) in [6, 6.07) is 2.70. The van der Waals surface area contributed by atoms with Crippen LogP contribution in [0.4, 0.5) is 0 Å². The molecule has 0 saturated carbocycles. The summed E-state index contributed by atoms with van der Waals surface area (Å²) >= 11 is 12.2. The van der Waals surface area contributed by atoms with Gasteiger partial charge in [-0.05, 0) is 6.07 Å². The van der Waals surface area contributed by atoms with Crippen molar-refractivity contribution in [2.45, 2.75) is 18.4 Å². The van der Waals surface area contributed by atoms with Crippen molar-refractivity contribution >= 4 is 33.2 Å². The van der Waals surface area contributed by atoms with Crippen molar-refractivity contribution in [2.75, 3.05) is 13.7 Å². The first kappa shape index (κ1) is 18.1. The summed E-state index contributed by atoms with van der Waals surface area (Å²) in [5.74, 6) is 0.953. The van der Waals surface area contributed by atoms with Crippen molar-refractivity contribution in [1.82, 2.24) is 13.9 Å². The second-order valence-corrected chi connectivity index (χ2v) is 7.52. The van der Waals surface area contributed by atoms with E-state index >= 15 is 0 Å². The van der Waals surface area contributed by atoms with Gasteiger partial charge in [0.1, 0.15) is 16.5 Å². The Hall–Kier alpha value is -1.28. The average Bonchev–Trinajstić information content (AvgIpc) is 2.91. The lowest BCUT2D eigenvalue weighted by molar-refractivity contribution is 0.407. The molecule has 0 unspecified atom stereocenters. The van der Waals surface area contributed by atoms with Gasteiger partial charge in [-0.2, -0.15) is 4.31 Å². The van der Waals surface area contributed by atoms with Gasteiger partial charge in [0.05, 0.1) is 23.7 Å². The molecule has 0 aliphatic rings.